The van der Waals surface area contributed by atoms with Crippen molar-refractivity contribution in [3.05, 3.63) is 64.8 Å². The van der Waals surface area contributed by atoms with Crippen LogP contribution in [0.1, 0.15) is 16.1 Å². The molecule has 0 bridgehead atoms. The molecule has 0 N–H and O–H groups in total. The smallest absolute Gasteiger partial charge is 0.262 e. The molecule has 1 heterocycles. The molecule has 0 fully saturated rings. The van der Waals surface area contributed by atoms with E-state index in [2.05, 4.69) is 6.07 Å². The molecular formula is C18H17ClN2O. The van der Waals surface area contributed by atoms with E-state index in [1.165, 1.54) is 0 Å². The first kappa shape index (κ1) is 14.7. The van der Waals surface area contributed by atoms with Crippen LogP contribution >= 0.6 is 11.6 Å². The zero-order valence-corrected chi connectivity index (χ0v) is 13.6. The van der Waals surface area contributed by atoms with Gasteiger partial charge in [0.2, 0.25) is 0 Å². The van der Waals surface area contributed by atoms with E-state index in [4.69, 9.17) is 11.6 Å². The van der Waals surface area contributed by atoms with Crippen molar-refractivity contribution in [2.75, 3.05) is 19.0 Å². The second-order valence-electron chi connectivity index (χ2n) is 5.57. The Labute approximate surface area is 134 Å². The summed E-state index contributed by atoms with van der Waals surface area (Å²) in [6, 6.07) is 15.1. The van der Waals surface area contributed by atoms with Gasteiger partial charge in [-0.05, 0) is 55.5 Å². The van der Waals surface area contributed by atoms with E-state index >= 15 is 0 Å². The van der Waals surface area contributed by atoms with Crippen LogP contribution in [0.5, 0.6) is 0 Å². The molecule has 3 rings (SSSR count). The number of aryl methyl sites for hydroxylation is 1. The molecule has 2 aromatic carbocycles. The molecule has 112 valence electrons. The van der Waals surface area contributed by atoms with E-state index in [9.17, 15) is 4.79 Å². The summed E-state index contributed by atoms with van der Waals surface area (Å²) in [6.07, 6.45) is 0. The van der Waals surface area contributed by atoms with E-state index in [1.54, 1.807) is 28.8 Å². The minimum absolute atomic E-state index is 0.0400. The topological polar surface area (TPSA) is 25.2 Å². The van der Waals surface area contributed by atoms with E-state index in [1.807, 2.05) is 44.1 Å². The minimum Gasteiger partial charge on any atom is -0.378 e. The van der Waals surface area contributed by atoms with Crippen molar-refractivity contribution in [2.45, 2.75) is 6.92 Å². The molecule has 4 heteroatoms. The first-order valence-corrected chi connectivity index (χ1v) is 7.45. The van der Waals surface area contributed by atoms with Gasteiger partial charge in [0.1, 0.15) is 0 Å². The average molecular weight is 313 g/mol. The first-order chi connectivity index (χ1) is 10.5. The van der Waals surface area contributed by atoms with Gasteiger partial charge in [0.25, 0.3) is 5.91 Å². The molecule has 0 atom stereocenters. The molecule has 0 radical (unpaired) electrons. The summed E-state index contributed by atoms with van der Waals surface area (Å²) in [5.74, 6) is -0.0400. The van der Waals surface area contributed by atoms with Crippen LogP contribution in [0.4, 0.5) is 5.69 Å². The van der Waals surface area contributed by atoms with Gasteiger partial charge in [0, 0.05) is 41.4 Å². The molecule has 0 saturated heterocycles. The van der Waals surface area contributed by atoms with Gasteiger partial charge < -0.3 is 4.90 Å². The Morgan fingerprint density at radius 3 is 2.36 bits per heavy atom. The fourth-order valence-electron chi connectivity index (χ4n) is 2.61. The third-order valence-corrected chi connectivity index (χ3v) is 4.03. The van der Waals surface area contributed by atoms with Crippen molar-refractivity contribution in [3.8, 4) is 0 Å². The molecule has 0 saturated carbocycles. The Hall–Kier alpha value is -2.26. The number of fused-ring (bicyclic) bond motifs is 1. The molecule has 0 aliphatic carbocycles. The SMILES string of the molecule is Cc1cc2cc(N(C)C)ccc2n1C(=O)c1ccc(Cl)cc1. The zero-order chi connectivity index (χ0) is 15.9. The third kappa shape index (κ3) is 2.48. The quantitative estimate of drug-likeness (QED) is 0.702. The normalized spacial score (nSPS) is 10.9. The van der Waals surface area contributed by atoms with E-state index in [-0.39, 0.29) is 5.91 Å². The number of anilines is 1. The summed E-state index contributed by atoms with van der Waals surface area (Å²) >= 11 is 5.89. The van der Waals surface area contributed by atoms with Gasteiger partial charge in [-0.2, -0.15) is 0 Å². The summed E-state index contributed by atoms with van der Waals surface area (Å²) in [6.45, 7) is 1.95. The Bertz CT molecular complexity index is 847. The van der Waals surface area contributed by atoms with Gasteiger partial charge in [-0.15, -0.1) is 0 Å². The monoisotopic (exact) mass is 312 g/mol. The Balaban J connectivity index is 2.12. The number of rotatable bonds is 2. The lowest BCUT2D eigenvalue weighted by atomic mass is 10.2. The third-order valence-electron chi connectivity index (χ3n) is 3.78. The van der Waals surface area contributed by atoms with Crippen LogP contribution in [0.2, 0.25) is 5.02 Å². The van der Waals surface area contributed by atoms with Gasteiger partial charge in [0.05, 0.1) is 5.52 Å². The van der Waals surface area contributed by atoms with Crippen molar-refractivity contribution in [2.24, 2.45) is 0 Å². The maximum atomic E-state index is 12.8. The summed E-state index contributed by atoms with van der Waals surface area (Å²) < 4.78 is 1.75. The van der Waals surface area contributed by atoms with Crippen molar-refractivity contribution in [3.63, 3.8) is 0 Å². The maximum Gasteiger partial charge on any atom is 0.262 e. The van der Waals surface area contributed by atoms with Gasteiger partial charge in [-0.1, -0.05) is 11.6 Å². The lowest BCUT2D eigenvalue weighted by molar-refractivity contribution is 0.0963. The molecule has 0 spiro atoms. The predicted molar refractivity (Wildman–Crippen MR) is 92.2 cm³/mol. The van der Waals surface area contributed by atoms with Crippen LogP contribution in [0.15, 0.2) is 48.5 Å². The van der Waals surface area contributed by atoms with Crippen LogP contribution < -0.4 is 4.90 Å². The van der Waals surface area contributed by atoms with Crippen LogP contribution in [-0.2, 0) is 0 Å². The Morgan fingerprint density at radius 2 is 1.73 bits per heavy atom. The van der Waals surface area contributed by atoms with Crippen molar-refractivity contribution >= 4 is 34.1 Å². The van der Waals surface area contributed by atoms with Gasteiger partial charge in [-0.25, -0.2) is 0 Å². The molecule has 0 aliphatic heterocycles. The highest BCUT2D eigenvalue weighted by Crippen LogP contribution is 2.25. The molecule has 0 aliphatic rings. The summed E-state index contributed by atoms with van der Waals surface area (Å²) in [7, 11) is 4.01. The number of carbonyl (C=O) groups is 1. The van der Waals surface area contributed by atoms with Crippen LogP contribution in [-0.4, -0.2) is 24.6 Å². The number of aromatic nitrogens is 1. The standard InChI is InChI=1S/C18H17ClN2O/c1-12-10-14-11-16(20(2)3)8-9-17(14)21(12)18(22)13-4-6-15(19)7-5-13/h4-11H,1-3H3. The van der Waals surface area contributed by atoms with Gasteiger partial charge >= 0.3 is 0 Å². The van der Waals surface area contributed by atoms with Crippen LogP contribution in [0.25, 0.3) is 10.9 Å². The largest absolute Gasteiger partial charge is 0.378 e. The Morgan fingerprint density at radius 1 is 1.05 bits per heavy atom. The fraction of sp³-hybridized carbons (Fsp3) is 0.167. The lowest BCUT2D eigenvalue weighted by Gasteiger charge is -2.12. The number of benzene rings is 2. The maximum absolute atomic E-state index is 12.8. The number of nitrogens with zero attached hydrogens (tertiary/aromatic N) is 2. The van der Waals surface area contributed by atoms with Gasteiger partial charge in [0.15, 0.2) is 0 Å². The molecule has 0 unspecified atom stereocenters. The predicted octanol–water partition coefficient (Wildman–Crippen LogP) is 4.36. The van der Waals surface area contributed by atoms with Crippen molar-refractivity contribution < 1.29 is 4.79 Å². The lowest BCUT2D eigenvalue weighted by Crippen LogP contribution is -2.13. The second kappa shape index (κ2) is 5.50. The van der Waals surface area contributed by atoms with Crippen molar-refractivity contribution in [1.82, 2.24) is 4.57 Å². The Kier molecular flexibility index (Phi) is 3.67. The summed E-state index contributed by atoms with van der Waals surface area (Å²) in [5.41, 5.74) is 3.58. The molecule has 1 aromatic heterocycles. The molecule has 3 nitrogen and oxygen atoms in total. The summed E-state index contributed by atoms with van der Waals surface area (Å²) in [5, 5.41) is 1.69. The van der Waals surface area contributed by atoms with E-state index < -0.39 is 0 Å². The summed E-state index contributed by atoms with van der Waals surface area (Å²) in [4.78, 5) is 14.8. The van der Waals surface area contributed by atoms with E-state index in [0.29, 0.717) is 10.6 Å². The van der Waals surface area contributed by atoms with Crippen molar-refractivity contribution in [1.29, 1.82) is 0 Å². The number of halogens is 1. The first-order valence-electron chi connectivity index (χ1n) is 7.07. The molecule has 22 heavy (non-hydrogen) atoms. The highest BCUT2D eigenvalue weighted by molar-refractivity contribution is 6.30. The van der Waals surface area contributed by atoms with Crippen LogP contribution in [0, 0.1) is 6.92 Å². The molecule has 3 aromatic rings. The highest BCUT2D eigenvalue weighted by atomic mass is 35.5. The van der Waals surface area contributed by atoms with Crippen LogP contribution in [0.3, 0.4) is 0 Å². The fourth-order valence-corrected chi connectivity index (χ4v) is 2.74. The number of hydrogen-bond acceptors (Lipinski definition) is 2. The van der Waals surface area contributed by atoms with E-state index in [0.717, 1.165) is 22.3 Å². The molecular weight excluding hydrogens is 296 g/mol. The minimum atomic E-state index is -0.0400. The zero-order valence-electron chi connectivity index (χ0n) is 12.8. The average Bonchev–Trinajstić information content (AvgIpc) is 2.82. The number of carbonyl (C=O) groups excluding carboxylic acids is 1. The highest BCUT2D eigenvalue weighted by Gasteiger charge is 2.15. The second-order valence-corrected chi connectivity index (χ2v) is 6.01. The number of hydrogen-bond donors (Lipinski definition) is 0. The molecule has 0 amide bonds. The van der Waals surface area contributed by atoms with Gasteiger partial charge in [-0.3, -0.25) is 9.36 Å².